The van der Waals surface area contributed by atoms with Gasteiger partial charge in [-0.25, -0.2) is 0 Å². The number of hydrogen-bond donors (Lipinski definition) is 3. The van der Waals surface area contributed by atoms with Gasteiger partial charge in [-0.05, 0) is 42.5 Å². The molecule has 3 N–H and O–H groups in total. The molecule has 1 aromatic carbocycles. The molecule has 1 saturated carbocycles. The summed E-state index contributed by atoms with van der Waals surface area (Å²) in [6.45, 7) is 2.29. The van der Waals surface area contributed by atoms with Gasteiger partial charge in [0, 0.05) is 37.2 Å². The minimum absolute atomic E-state index is 0.110. The van der Waals surface area contributed by atoms with Gasteiger partial charge in [-0.1, -0.05) is 12.1 Å². The quantitative estimate of drug-likeness (QED) is 0.657. The van der Waals surface area contributed by atoms with Crippen LogP contribution in [0.3, 0.4) is 0 Å². The third kappa shape index (κ3) is 2.46. The number of imide groups is 1. The molecule has 0 radical (unpaired) electrons. The van der Waals surface area contributed by atoms with Crippen LogP contribution in [0, 0.1) is 5.92 Å². The van der Waals surface area contributed by atoms with Crippen LogP contribution in [-0.4, -0.2) is 47.3 Å². The number of piperidine rings is 2. The Labute approximate surface area is 151 Å². The molecule has 1 unspecified atom stereocenters. The van der Waals surface area contributed by atoms with Gasteiger partial charge in [-0.15, -0.1) is 0 Å². The number of fused-ring (bicyclic) bond motifs is 2. The van der Waals surface area contributed by atoms with Crippen molar-refractivity contribution >= 4 is 17.7 Å². The van der Waals surface area contributed by atoms with Crippen LogP contribution in [0.5, 0.6) is 0 Å². The summed E-state index contributed by atoms with van der Waals surface area (Å²) in [6, 6.07) is 6.38. The lowest BCUT2D eigenvalue weighted by Crippen LogP contribution is -2.52. The largest absolute Gasteiger partial charge is 0.322 e. The monoisotopic (exact) mass is 354 g/mol. The Bertz CT molecular complexity index is 798. The van der Waals surface area contributed by atoms with Crippen molar-refractivity contribution in [3.05, 3.63) is 34.9 Å². The Kier molecular flexibility index (Phi) is 3.62. The molecule has 3 fully saturated rings. The first kappa shape index (κ1) is 16.0. The molecule has 3 amide bonds. The van der Waals surface area contributed by atoms with Crippen LogP contribution in [-0.2, 0) is 22.7 Å². The highest BCUT2D eigenvalue weighted by molar-refractivity contribution is 6.05. The minimum atomic E-state index is -0.555. The first-order valence-corrected chi connectivity index (χ1v) is 9.35. The van der Waals surface area contributed by atoms with Crippen LogP contribution in [0.25, 0.3) is 0 Å². The second-order valence-corrected chi connectivity index (χ2v) is 7.68. The van der Waals surface area contributed by atoms with Crippen LogP contribution in [0.2, 0.25) is 0 Å². The van der Waals surface area contributed by atoms with E-state index in [4.69, 9.17) is 0 Å². The topological polar surface area (TPSA) is 90.5 Å². The number of rotatable bonds is 4. The number of carbonyl (C=O) groups is 3. The highest BCUT2D eigenvalue weighted by Crippen LogP contribution is 2.39. The highest BCUT2D eigenvalue weighted by atomic mass is 16.2. The Hall–Kier alpha value is -2.25. The zero-order chi connectivity index (χ0) is 17.8. The summed E-state index contributed by atoms with van der Waals surface area (Å²) in [7, 11) is 0. The van der Waals surface area contributed by atoms with Crippen molar-refractivity contribution in [3.63, 3.8) is 0 Å². The summed E-state index contributed by atoms with van der Waals surface area (Å²) in [5.74, 6) is 0.0116. The molecule has 3 aliphatic heterocycles. The van der Waals surface area contributed by atoms with E-state index in [-0.39, 0.29) is 24.1 Å². The Morgan fingerprint density at radius 3 is 2.85 bits per heavy atom. The first-order chi connectivity index (χ1) is 12.6. The molecule has 3 heterocycles. The van der Waals surface area contributed by atoms with Crippen molar-refractivity contribution in [1.82, 2.24) is 20.9 Å². The summed E-state index contributed by atoms with van der Waals surface area (Å²) in [5, 5.41) is 9.46. The van der Waals surface area contributed by atoms with Crippen LogP contribution in [0.15, 0.2) is 18.2 Å². The van der Waals surface area contributed by atoms with Crippen molar-refractivity contribution in [2.75, 3.05) is 6.54 Å². The highest BCUT2D eigenvalue weighted by Gasteiger charge is 2.52. The molecule has 0 spiro atoms. The molecule has 0 aromatic heterocycles. The molecular formula is C19H22N4O3. The van der Waals surface area contributed by atoms with Gasteiger partial charge in [0.05, 0.1) is 0 Å². The van der Waals surface area contributed by atoms with Gasteiger partial charge >= 0.3 is 0 Å². The lowest BCUT2D eigenvalue weighted by molar-refractivity contribution is -0.136. The molecule has 2 saturated heterocycles. The summed E-state index contributed by atoms with van der Waals surface area (Å²) in [6.07, 6.45) is 1.91. The van der Waals surface area contributed by atoms with E-state index in [0.717, 1.165) is 30.1 Å². The first-order valence-electron chi connectivity index (χ1n) is 9.35. The van der Waals surface area contributed by atoms with Gasteiger partial charge in [0.1, 0.15) is 6.04 Å². The number of hydrogen-bond acceptors (Lipinski definition) is 5. The molecule has 4 aliphatic rings. The summed E-state index contributed by atoms with van der Waals surface area (Å²) < 4.78 is 0. The number of nitrogens with one attached hydrogen (secondary N) is 3. The molecule has 26 heavy (non-hydrogen) atoms. The maximum atomic E-state index is 12.8. The van der Waals surface area contributed by atoms with Crippen molar-refractivity contribution in [2.45, 2.75) is 50.5 Å². The number of carbonyl (C=O) groups excluding carboxylic acids is 3. The van der Waals surface area contributed by atoms with Gasteiger partial charge in [0.2, 0.25) is 11.8 Å². The van der Waals surface area contributed by atoms with E-state index in [0.29, 0.717) is 30.6 Å². The van der Waals surface area contributed by atoms with Crippen LogP contribution < -0.4 is 16.0 Å². The van der Waals surface area contributed by atoms with E-state index in [1.807, 2.05) is 12.1 Å². The average Bonchev–Trinajstić information content (AvgIpc) is 2.95. The molecule has 7 nitrogen and oxygen atoms in total. The fourth-order valence-electron chi connectivity index (χ4n) is 4.75. The maximum absolute atomic E-state index is 12.8. The fourth-order valence-corrected chi connectivity index (χ4v) is 4.75. The average molecular weight is 354 g/mol. The van der Waals surface area contributed by atoms with Crippen LogP contribution in [0.1, 0.15) is 40.7 Å². The summed E-state index contributed by atoms with van der Waals surface area (Å²) in [4.78, 5) is 38.0. The van der Waals surface area contributed by atoms with E-state index in [2.05, 4.69) is 22.0 Å². The molecule has 4 atom stereocenters. The molecular weight excluding hydrogens is 332 g/mol. The normalized spacial score (nSPS) is 32.5. The molecule has 7 heteroatoms. The van der Waals surface area contributed by atoms with E-state index >= 15 is 0 Å². The standard InChI is InChI=1S/C19H22N4O3/c24-15-5-4-14(18(25)22-15)23-9-13-10(2-1-3-11(13)19(23)26)8-21-17-12-6-7-20-16(12)17/h1-3,12,14,16-17,20-21H,4-9H2,(H,22,24,25)/t12-,14?,16+,17+/m0/s1. The Balaban J connectivity index is 1.32. The Morgan fingerprint density at radius 1 is 1.19 bits per heavy atom. The third-order valence-electron chi connectivity index (χ3n) is 6.23. The van der Waals surface area contributed by atoms with Crippen molar-refractivity contribution in [3.8, 4) is 0 Å². The lowest BCUT2D eigenvalue weighted by atomic mass is 10.0. The van der Waals surface area contributed by atoms with Gasteiger partial charge in [0.25, 0.3) is 5.91 Å². The van der Waals surface area contributed by atoms with Crippen molar-refractivity contribution < 1.29 is 14.4 Å². The van der Waals surface area contributed by atoms with E-state index in [1.54, 1.807) is 4.90 Å². The van der Waals surface area contributed by atoms with Crippen LogP contribution in [0.4, 0.5) is 0 Å². The van der Waals surface area contributed by atoms with Gasteiger partial charge in [-0.2, -0.15) is 0 Å². The smallest absolute Gasteiger partial charge is 0.255 e. The van der Waals surface area contributed by atoms with E-state index in [1.165, 1.54) is 6.42 Å². The zero-order valence-corrected chi connectivity index (χ0v) is 14.5. The van der Waals surface area contributed by atoms with E-state index < -0.39 is 6.04 Å². The fraction of sp³-hybridized carbons (Fsp3) is 0.526. The van der Waals surface area contributed by atoms with Crippen LogP contribution >= 0.6 is 0 Å². The minimum Gasteiger partial charge on any atom is -0.322 e. The van der Waals surface area contributed by atoms with Gasteiger partial charge in [0.15, 0.2) is 0 Å². The maximum Gasteiger partial charge on any atom is 0.255 e. The van der Waals surface area contributed by atoms with Gasteiger partial charge in [-0.3, -0.25) is 19.7 Å². The summed E-state index contributed by atoms with van der Waals surface area (Å²) in [5.41, 5.74) is 2.81. The second kappa shape index (κ2) is 5.89. The Morgan fingerprint density at radius 2 is 2.08 bits per heavy atom. The molecule has 1 aliphatic carbocycles. The predicted octanol–water partition coefficient (Wildman–Crippen LogP) is -0.102. The molecule has 1 aromatic rings. The van der Waals surface area contributed by atoms with Crippen molar-refractivity contribution in [2.24, 2.45) is 5.92 Å². The second-order valence-electron chi connectivity index (χ2n) is 7.68. The molecule has 136 valence electrons. The van der Waals surface area contributed by atoms with Gasteiger partial charge < -0.3 is 15.5 Å². The number of nitrogens with zero attached hydrogens (tertiary/aromatic N) is 1. The predicted molar refractivity (Wildman–Crippen MR) is 93.0 cm³/mol. The zero-order valence-electron chi connectivity index (χ0n) is 14.5. The summed E-state index contributed by atoms with van der Waals surface area (Å²) >= 11 is 0. The third-order valence-corrected chi connectivity index (χ3v) is 6.23. The van der Waals surface area contributed by atoms with Crippen molar-refractivity contribution in [1.29, 1.82) is 0 Å². The van der Waals surface area contributed by atoms with E-state index in [9.17, 15) is 14.4 Å². The number of benzene rings is 1. The number of amides is 3. The lowest BCUT2D eigenvalue weighted by Gasteiger charge is -2.29. The molecule has 0 bridgehead atoms. The molecule has 5 rings (SSSR count). The SMILES string of the molecule is O=C1CCC(N2Cc3c(CN[C@@H]4[C@H]5CCN[C@H]54)cccc3C2=O)C(=O)N1.